The van der Waals surface area contributed by atoms with E-state index < -0.39 is 27.0 Å². The molecule has 0 saturated heterocycles. The van der Waals surface area contributed by atoms with Gasteiger partial charge in [-0.3, -0.25) is 4.79 Å². The topological polar surface area (TPSA) is 129 Å². The molecule has 0 unspecified atom stereocenters. The van der Waals surface area contributed by atoms with Crippen molar-refractivity contribution in [1.29, 1.82) is 0 Å². The van der Waals surface area contributed by atoms with Crippen molar-refractivity contribution in [3.63, 3.8) is 0 Å². The van der Waals surface area contributed by atoms with Gasteiger partial charge in [0.05, 0.1) is 46.5 Å². The predicted molar refractivity (Wildman–Crippen MR) is 126 cm³/mol. The van der Waals surface area contributed by atoms with E-state index in [2.05, 4.69) is 5.32 Å². The number of amides is 1. The molecule has 1 fully saturated rings. The van der Waals surface area contributed by atoms with E-state index in [1.54, 1.807) is 6.07 Å². The number of fused-ring (bicyclic) bond motifs is 3. The maximum absolute atomic E-state index is 15.3. The van der Waals surface area contributed by atoms with Crippen molar-refractivity contribution < 1.29 is 22.3 Å². The number of rotatable bonds is 4. The third-order valence-electron chi connectivity index (χ3n) is 7.16. The maximum Gasteiger partial charge on any atom is 0.253 e. The number of benzene rings is 1. The monoisotopic (exact) mass is 490 g/mol. The highest BCUT2D eigenvalue weighted by atomic mass is 32.2. The quantitative estimate of drug-likeness (QED) is 0.604. The van der Waals surface area contributed by atoms with Gasteiger partial charge in [0, 0.05) is 23.3 Å². The SMILES string of the molecule is CC1(C)Cc2c(c3c(n2-c2cc(F)c(C(N)=O)c(NC4CCC(N)CC4)c2)COC3)S(=O)(=O)C1. The van der Waals surface area contributed by atoms with Gasteiger partial charge in [-0.05, 0) is 49.7 Å². The molecule has 1 saturated carbocycles. The van der Waals surface area contributed by atoms with Gasteiger partial charge in [0.2, 0.25) is 0 Å². The maximum atomic E-state index is 15.3. The fourth-order valence-electron chi connectivity index (χ4n) is 5.75. The molecule has 8 nitrogen and oxygen atoms in total. The van der Waals surface area contributed by atoms with Gasteiger partial charge in [-0.2, -0.15) is 0 Å². The molecule has 34 heavy (non-hydrogen) atoms. The van der Waals surface area contributed by atoms with Gasteiger partial charge in [0.1, 0.15) is 5.82 Å². The summed E-state index contributed by atoms with van der Waals surface area (Å²) in [5.74, 6) is -1.55. The molecular formula is C24H31FN4O4S. The van der Waals surface area contributed by atoms with Crippen LogP contribution in [0.15, 0.2) is 17.0 Å². The van der Waals surface area contributed by atoms with E-state index in [0.29, 0.717) is 39.6 Å². The highest BCUT2D eigenvalue weighted by Crippen LogP contribution is 2.44. The van der Waals surface area contributed by atoms with Gasteiger partial charge in [0.25, 0.3) is 5.91 Å². The van der Waals surface area contributed by atoms with Crippen molar-refractivity contribution in [3.8, 4) is 5.69 Å². The summed E-state index contributed by atoms with van der Waals surface area (Å²) in [6.45, 7) is 4.29. The van der Waals surface area contributed by atoms with Crippen LogP contribution in [0, 0.1) is 11.2 Å². The fourth-order valence-corrected chi connectivity index (χ4v) is 8.10. The first-order valence-electron chi connectivity index (χ1n) is 11.7. The largest absolute Gasteiger partial charge is 0.382 e. The van der Waals surface area contributed by atoms with Crippen LogP contribution >= 0.6 is 0 Å². The van der Waals surface area contributed by atoms with Crippen LogP contribution in [0.1, 0.15) is 66.8 Å². The van der Waals surface area contributed by atoms with Crippen LogP contribution in [0.25, 0.3) is 5.69 Å². The number of hydrogen-bond acceptors (Lipinski definition) is 6. The molecule has 0 bridgehead atoms. The second-order valence-electron chi connectivity index (χ2n) is 10.6. The van der Waals surface area contributed by atoms with Crippen molar-refractivity contribution in [2.75, 3.05) is 11.1 Å². The lowest BCUT2D eigenvalue weighted by Gasteiger charge is -2.31. The number of nitrogens with one attached hydrogen (secondary N) is 1. The normalized spacial score (nSPS) is 24.9. The first kappa shape index (κ1) is 23.3. The number of carbonyl (C=O) groups is 1. The van der Waals surface area contributed by atoms with Crippen LogP contribution < -0.4 is 16.8 Å². The average molecular weight is 491 g/mol. The molecule has 1 aromatic heterocycles. The molecule has 10 heteroatoms. The summed E-state index contributed by atoms with van der Waals surface area (Å²) in [6.07, 6.45) is 3.82. The molecule has 3 aliphatic rings. The zero-order valence-electron chi connectivity index (χ0n) is 19.5. The Bertz CT molecular complexity index is 1280. The van der Waals surface area contributed by atoms with E-state index in [4.69, 9.17) is 16.2 Å². The van der Waals surface area contributed by atoms with Gasteiger partial charge in [0.15, 0.2) is 9.84 Å². The summed E-state index contributed by atoms with van der Waals surface area (Å²) in [5, 5.41) is 3.32. The molecule has 0 spiro atoms. The highest BCUT2D eigenvalue weighted by molar-refractivity contribution is 7.91. The summed E-state index contributed by atoms with van der Waals surface area (Å²) in [7, 11) is -3.53. The molecule has 5 rings (SSSR count). The molecule has 2 aliphatic heterocycles. The first-order valence-corrected chi connectivity index (χ1v) is 13.3. The summed E-state index contributed by atoms with van der Waals surface area (Å²) < 4.78 is 49.2. The molecule has 1 aromatic carbocycles. The van der Waals surface area contributed by atoms with E-state index in [9.17, 15) is 13.2 Å². The van der Waals surface area contributed by atoms with E-state index in [-0.39, 0.29) is 36.6 Å². The van der Waals surface area contributed by atoms with Crippen molar-refractivity contribution in [2.45, 2.75) is 76.1 Å². The molecule has 184 valence electrons. The number of carbonyl (C=O) groups excluding carboxylic acids is 1. The van der Waals surface area contributed by atoms with Crippen LogP contribution in [0.4, 0.5) is 10.1 Å². The Morgan fingerprint density at radius 3 is 2.56 bits per heavy atom. The van der Waals surface area contributed by atoms with Crippen molar-refractivity contribution in [2.24, 2.45) is 16.9 Å². The van der Waals surface area contributed by atoms with Crippen LogP contribution in [-0.4, -0.2) is 36.7 Å². The van der Waals surface area contributed by atoms with Crippen LogP contribution in [0.3, 0.4) is 0 Å². The standard InChI is InChI=1S/C24H31FN4O4S/c1-24(2)9-19-22(34(31,32)12-24)16-10-33-11-20(16)29(19)15-7-17(25)21(23(27)30)18(8-15)28-14-5-3-13(26)4-6-14/h7-8,13-14,28H,3-6,9-12,26H2,1-2H3,(H2,27,30). The Balaban J connectivity index is 1.67. The molecule has 1 amide bonds. The van der Waals surface area contributed by atoms with Crippen LogP contribution in [-0.2, 0) is 34.2 Å². The first-order chi connectivity index (χ1) is 16.0. The highest BCUT2D eigenvalue weighted by Gasteiger charge is 2.43. The minimum Gasteiger partial charge on any atom is -0.382 e. The van der Waals surface area contributed by atoms with E-state index in [1.165, 1.54) is 6.07 Å². The molecule has 5 N–H and O–H groups in total. The Labute approximate surface area is 198 Å². The third-order valence-corrected chi connectivity index (χ3v) is 9.42. The number of ether oxygens (including phenoxy) is 1. The predicted octanol–water partition coefficient (Wildman–Crippen LogP) is 2.78. The Kier molecular flexibility index (Phi) is 5.53. The Morgan fingerprint density at radius 1 is 1.18 bits per heavy atom. The number of anilines is 1. The van der Waals surface area contributed by atoms with Crippen molar-refractivity contribution in [3.05, 3.63) is 40.5 Å². The minimum atomic E-state index is -3.53. The lowest BCUT2D eigenvalue weighted by molar-refractivity contribution is 0.0997. The molecule has 0 atom stereocenters. The Morgan fingerprint density at radius 2 is 1.88 bits per heavy atom. The zero-order valence-corrected chi connectivity index (χ0v) is 20.3. The summed E-state index contributed by atoms with van der Waals surface area (Å²) >= 11 is 0. The second-order valence-corrected chi connectivity index (χ2v) is 12.5. The number of nitrogens with two attached hydrogens (primary N) is 2. The number of sulfone groups is 1. The second kappa shape index (κ2) is 8.07. The minimum absolute atomic E-state index is 0.0412. The van der Waals surface area contributed by atoms with E-state index >= 15 is 4.39 Å². The van der Waals surface area contributed by atoms with Gasteiger partial charge in [-0.1, -0.05) is 13.8 Å². The molecule has 2 aromatic rings. The van der Waals surface area contributed by atoms with Gasteiger partial charge in [-0.25, -0.2) is 12.8 Å². The van der Waals surface area contributed by atoms with E-state index in [1.807, 2.05) is 18.4 Å². The zero-order chi connectivity index (χ0) is 24.4. The molecule has 0 radical (unpaired) electrons. The average Bonchev–Trinajstić information content (AvgIpc) is 3.27. The smallest absolute Gasteiger partial charge is 0.253 e. The number of primary amides is 1. The van der Waals surface area contributed by atoms with Crippen LogP contribution in [0.2, 0.25) is 0 Å². The Hall–Kier alpha value is -2.43. The fraction of sp³-hybridized carbons (Fsp3) is 0.542. The molecule has 3 heterocycles. The lowest BCUT2D eigenvalue weighted by Crippen LogP contribution is -2.34. The number of hydrogen-bond donors (Lipinski definition) is 3. The molecule has 1 aliphatic carbocycles. The van der Waals surface area contributed by atoms with E-state index in [0.717, 1.165) is 25.7 Å². The van der Waals surface area contributed by atoms with Crippen molar-refractivity contribution >= 4 is 21.4 Å². The summed E-state index contributed by atoms with van der Waals surface area (Å²) in [5.41, 5.74) is 13.7. The van der Waals surface area contributed by atoms with Gasteiger partial charge >= 0.3 is 0 Å². The molecular weight excluding hydrogens is 459 g/mol. The van der Waals surface area contributed by atoms with Crippen molar-refractivity contribution in [1.82, 2.24) is 4.57 Å². The number of nitrogens with zero attached hydrogens (tertiary/aromatic N) is 1. The van der Waals surface area contributed by atoms with Crippen LogP contribution in [0.5, 0.6) is 0 Å². The lowest BCUT2D eigenvalue weighted by atomic mass is 9.89. The van der Waals surface area contributed by atoms with Gasteiger partial charge in [-0.15, -0.1) is 0 Å². The summed E-state index contributed by atoms with van der Waals surface area (Å²) in [4.78, 5) is 12.5. The number of halogens is 1. The third kappa shape index (κ3) is 3.91. The number of aromatic nitrogens is 1. The van der Waals surface area contributed by atoms with Gasteiger partial charge < -0.3 is 26.1 Å². The summed E-state index contributed by atoms with van der Waals surface area (Å²) in [6, 6.07) is 3.15.